The van der Waals surface area contributed by atoms with Crippen LogP contribution in [-0.2, 0) is 13.1 Å². The summed E-state index contributed by atoms with van der Waals surface area (Å²) in [6.07, 6.45) is 4.88. The largest absolute Gasteiger partial charge is 0.313 e. The number of nitrogens with one attached hydrogen (secondary N) is 1. The minimum atomic E-state index is 0.801. The fourth-order valence-corrected chi connectivity index (χ4v) is 2.11. The van der Waals surface area contributed by atoms with Gasteiger partial charge in [0.1, 0.15) is 0 Å². The molecule has 0 saturated carbocycles. The smallest absolute Gasteiger partial charge is 0.0489 e. The van der Waals surface area contributed by atoms with Gasteiger partial charge < -0.3 is 5.32 Å². The standard InChI is InChI=1S/C14H18ClN3/c1-12-10-14(15)5-4-13(12)11-16-6-2-8-18-9-3-7-17-18/h3-5,7,9-10,16H,2,6,8,11H2,1H3. The number of aryl methyl sites for hydroxylation is 2. The average molecular weight is 264 g/mol. The Labute approximate surface area is 113 Å². The monoisotopic (exact) mass is 263 g/mol. The third kappa shape index (κ3) is 3.86. The summed E-state index contributed by atoms with van der Waals surface area (Å²) in [5, 5.41) is 8.41. The molecule has 0 aliphatic heterocycles. The van der Waals surface area contributed by atoms with E-state index in [1.54, 1.807) is 0 Å². The first-order chi connectivity index (χ1) is 8.75. The van der Waals surface area contributed by atoms with Crippen LogP contribution in [0.1, 0.15) is 17.5 Å². The highest BCUT2D eigenvalue weighted by Gasteiger charge is 1.98. The van der Waals surface area contributed by atoms with E-state index in [-0.39, 0.29) is 0 Å². The lowest BCUT2D eigenvalue weighted by molar-refractivity contribution is 0.543. The van der Waals surface area contributed by atoms with Crippen LogP contribution in [-0.4, -0.2) is 16.3 Å². The summed E-state index contributed by atoms with van der Waals surface area (Å²) in [6.45, 7) is 4.93. The van der Waals surface area contributed by atoms with Crippen LogP contribution in [0.15, 0.2) is 36.7 Å². The van der Waals surface area contributed by atoms with Crippen LogP contribution in [0.5, 0.6) is 0 Å². The van der Waals surface area contributed by atoms with E-state index >= 15 is 0 Å². The van der Waals surface area contributed by atoms with E-state index in [0.29, 0.717) is 0 Å². The highest BCUT2D eigenvalue weighted by Crippen LogP contribution is 2.14. The van der Waals surface area contributed by atoms with Crippen LogP contribution in [0.4, 0.5) is 0 Å². The summed E-state index contributed by atoms with van der Waals surface area (Å²) in [5.74, 6) is 0. The lowest BCUT2D eigenvalue weighted by Crippen LogP contribution is -2.17. The molecule has 0 atom stereocenters. The molecule has 96 valence electrons. The maximum atomic E-state index is 5.93. The van der Waals surface area contributed by atoms with E-state index in [9.17, 15) is 0 Å². The molecule has 0 radical (unpaired) electrons. The number of rotatable bonds is 6. The van der Waals surface area contributed by atoms with E-state index < -0.39 is 0 Å². The molecule has 1 heterocycles. The first kappa shape index (κ1) is 13.1. The summed E-state index contributed by atoms with van der Waals surface area (Å²) < 4.78 is 1.95. The van der Waals surface area contributed by atoms with Crippen LogP contribution < -0.4 is 5.32 Å². The topological polar surface area (TPSA) is 29.9 Å². The minimum Gasteiger partial charge on any atom is -0.313 e. The molecule has 0 aliphatic carbocycles. The van der Waals surface area contributed by atoms with Gasteiger partial charge in [0.2, 0.25) is 0 Å². The van der Waals surface area contributed by atoms with Crippen LogP contribution >= 0.6 is 11.6 Å². The van der Waals surface area contributed by atoms with E-state index in [4.69, 9.17) is 11.6 Å². The predicted octanol–water partition coefficient (Wildman–Crippen LogP) is 3.02. The van der Waals surface area contributed by atoms with Crippen molar-refractivity contribution in [1.29, 1.82) is 0 Å². The van der Waals surface area contributed by atoms with Crippen molar-refractivity contribution >= 4 is 11.6 Å². The van der Waals surface area contributed by atoms with Crippen LogP contribution in [0.3, 0.4) is 0 Å². The maximum absolute atomic E-state index is 5.93. The van der Waals surface area contributed by atoms with Gasteiger partial charge in [0, 0.05) is 30.5 Å². The van der Waals surface area contributed by atoms with Gasteiger partial charge in [-0.25, -0.2) is 0 Å². The molecular weight excluding hydrogens is 246 g/mol. The zero-order valence-electron chi connectivity index (χ0n) is 10.6. The van der Waals surface area contributed by atoms with Gasteiger partial charge in [-0.05, 0) is 49.2 Å². The second-order valence-corrected chi connectivity index (χ2v) is 4.81. The van der Waals surface area contributed by atoms with E-state index in [1.807, 2.05) is 35.3 Å². The Balaban J connectivity index is 1.69. The molecule has 2 rings (SSSR count). The van der Waals surface area contributed by atoms with Gasteiger partial charge in [-0.3, -0.25) is 4.68 Å². The molecule has 1 aromatic heterocycles. The number of benzene rings is 1. The Morgan fingerprint density at radius 3 is 3.00 bits per heavy atom. The summed E-state index contributed by atoms with van der Waals surface area (Å²) in [6, 6.07) is 7.97. The maximum Gasteiger partial charge on any atom is 0.0489 e. The Morgan fingerprint density at radius 1 is 1.39 bits per heavy atom. The molecule has 0 unspecified atom stereocenters. The Kier molecular flexibility index (Phi) is 4.79. The lowest BCUT2D eigenvalue weighted by Gasteiger charge is -2.08. The van der Waals surface area contributed by atoms with Gasteiger partial charge in [0.15, 0.2) is 0 Å². The fraction of sp³-hybridized carbons (Fsp3) is 0.357. The first-order valence-corrected chi connectivity index (χ1v) is 6.56. The van der Waals surface area contributed by atoms with Crippen molar-refractivity contribution in [3.63, 3.8) is 0 Å². The highest BCUT2D eigenvalue weighted by molar-refractivity contribution is 6.30. The van der Waals surface area contributed by atoms with Crippen molar-refractivity contribution in [1.82, 2.24) is 15.1 Å². The van der Waals surface area contributed by atoms with Crippen molar-refractivity contribution in [2.45, 2.75) is 26.4 Å². The van der Waals surface area contributed by atoms with Crippen LogP contribution in [0.25, 0.3) is 0 Å². The molecule has 4 heteroatoms. The normalized spacial score (nSPS) is 10.8. The number of halogens is 1. The summed E-state index contributed by atoms with van der Waals surface area (Å²) in [7, 11) is 0. The summed E-state index contributed by atoms with van der Waals surface area (Å²) in [5.41, 5.74) is 2.54. The molecule has 2 aromatic rings. The SMILES string of the molecule is Cc1cc(Cl)ccc1CNCCCn1cccn1. The van der Waals surface area contributed by atoms with Gasteiger partial charge in [0.05, 0.1) is 0 Å². The highest BCUT2D eigenvalue weighted by atomic mass is 35.5. The molecule has 0 saturated heterocycles. The summed E-state index contributed by atoms with van der Waals surface area (Å²) in [4.78, 5) is 0. The average Bonchev–Trinajstić information content (AvgIpc) is 2.84. The zero-order chi connectivity index (χ0) is 12.8. The minimum absolute atomic E-state index is 0.801. The number of nitrogens with zero attached hydrogens (tertiary/aromatic N) is 2. The van der Waals surface area contributed by atoms with E-state index in [0.717, 1.165) is 31.1 Å². The lowest BCUT2D eigenvalue weighted by atomic mass is 10.1. The predicted molar refractivity (Wildman–Crippen MR) is 74.7 cm³/mol. The number of hydrogen-bond acceptors (Lipinski definition) is 2. The van der Waals surface area contributed by atoms with Gasteiger partial charge in [0.25, 0.3) is 0 Å². The molecule has 3 nitrogen and oxygen atoms in total. The zero-order valence-corrected chi connectivity index (χ0v) is 11.3. The Morgan fingerprint density at radius 2 is 2.28 bits per heavy atom. The summed E-state index contributed by atoms with van der Waals surface area (Å²) >= 11 is 5.93. The fourth-order valence-electron chi connectivity index (χ4n) is 1.88. The molecular formula is C14H18ClN3. The van der Waals surface area contributed by atoms with Crippen molar-refractivity contribution in [2.75, 3.05) is 6.54 Å². The van der Waals surface area contributed by atoms with Gasteiger partial charge in [-0.1, -0.05) is 17.7 Å². The third-order valence-corrected chi connectivity index (χ3v) is 3.16. The Bertz CT molecular complexity index is 480. The van der Waals surface area contributed by atoms with Crippen molar-refractivity contribution in [3.05, 3.63) is 52.8 Å². The van der Waals surface area contributed by atoms with Gasteiger partial charge >= 0.3 is 0 Å². The molecule has 1 N–H and O–H groups in total. The van der Waals surface area contributed by atoms with E-state index in [1.165, 1.54) is 11.1 Å². The van der Waals surface area contributed by atoms with Gasteiger partial charge in [-0.15, -0.1) is 0 Å². The third-order valence-electron chi connectivity index (χ3n) is 2.92. The van der Waals surface area contributed by atoms with Crippen molar-refractivity contribution in [3.8, 4) is 0 Å². The molecule has 0 aliphatic rings. The quantitative estimate of drug-likeness (QED) is 0.812. The Hall–Kier alpha value is -1.32. The van der Waals surface area contributed by atoms with Crippen molar-refractivity contribution in [2.24, 2.45) is 0 Å². The second kappa shape index (κ2) is 6.57. The van der Waals surface area contributed by atoms with Crippen LogP contribution in [0.2, 0.25) is 5.02 Å². The second-order valence-electron chi connectivity index (χ2n) is 4.37. The van der Waals surface area contributed by atoms with Crippen molar-refractivity contribution < 1.29 is 0 Å². The molecule has 1 aromatic carbocycles. The van der Waals surface area contributed by atoms with Crippen LogP contribution in [0, 0.1) is 6.92 Å². The van der Waals surface area contributed by atoms with E-state index in [2.05, 4.69) is 23.4 Å². The molecule has 0 spiro atoms. The number of hydrogen-bond donors (Lipinski definition) is 1. The van der Waals surface area contributed by atoms with Gasteiger partial charge in [-0.2, -0.15) is 5.10 Å². The first-order valence-electron chi connectivity index (χ1n) is 6.19. The molecule has 0 amide bonds. The molecule has 18 heavy (non-hydrogen) atoms. The number of aromatic nitrogens is 2. The molecule has 0 fully saturated rings. The molecule has 0 bridgehead atoms.